The SMILES string of the molecule is c1ccc2c(c1)Oc1c(N(c3ccc4c(c3)oc3ccccc34)c3cccc4oc5ccccc5c34)cccc1C21c2ccccc2-c2cc(N(c3ccc4c(c3)sc3ccccc34)c3ccc4oc5ccccc5c4c3)ccc21. The van der Waals surface area contributed by atoms with Crippen LogP contribution in [-0.2, 0) is 5.41 Å². The molecule has 0 saturated heterocycles. The van der Waals surface area contributed by atoms with E-state index in [0.29, 0.717) is 0 Å². The van der Waals surface area contributed by atoms with E-state index in [9.17, 15) is 0 Å². The second kappa shape index (κ2) is 16.3. The number of furan rings is 3. The molecule has 0 radical (unpaired) electrons. The molecular weight excluding hydrogens is 1000 g/mol. The summed E-state index contributed by atoms with van der Waals surface area (Å²) < 4.78 is 29.6. The lowest BCUT2D eigenvalue weighted by molar-refractivity contribution is 0.437. The highest BCUT2D eigenvalue weighted by molar-refractivity contribution is 7.25. The lowest BCUT2D eigenvalue weighted by atomic mass is 9.66. The van der Waals surface area contributed by atoms with Gasteiger partial charge < -0.3 is 27.8 Å². The molecule has 4 aromatic heterocycles. The van der Waals surface area contributed by atoms with Gasteiger partial charge in [0.25, 0.3) is 0 Å². The van der Waals surface area contributed by atoms with Gasteiger partial charge in [0.15, 0.2) is 5.75 Å². The molecule has 80 heavy (non-hydrogen) atoms. The summed E-state index contributed by atoms with van der Waals surface area (Å²) in [6.45, 7) is 0. The maximum Gasteiger partial charge on any atom is 0.156 e. The van der Waals surface area contributed by atoms with Gasteiger partial charge in [0.1, 0.15) is 39.2 Å². The van der Waals surface area contributed by atoms with Crippen LogP contribution in [0.1, 0.15) is 22.3 Å². The van der Waals surface area contributed by atoms with E-state index in [-0.39, 0.29) is 0 Å². The highest BCUT2D eigenvalue weighted by Crippen LogP contribution is 2.65. The fourth-order valence-electron chi connectivity index (χ4n) is 13.6. The fraction of sp³-hybridized carbons (Fsp3) is 0.0137. The lowest BCUT2D eigenvalue weighted by Crippen LogP contribution is -2.32. The lowest BCUT2D eigenvalue weighted by Gasteiger charge is -2.41. The maximum atomic E-state index is 7.46. The van der Waals surface area contributed by atoms with E-state index in [1.165, 1.54) is 36.9 Å². The number of hydrogen-bond donors (Lipinski definition) is 0. The van der Waals surface area contributed by atoms with Crippen LogP contribution >= 0.6 is 11.3 Å². The Morgan fingerprint density at radius 2 is 0.838 bits per heavy atom. The van der Waals surface area contributed by atoms with E-state index in [0.717, 1.165) is 128 Å². The van der Waals surface area contributed by atoms with Crippen molar-refractivity contribution < 1.29 is 18.0 Å². The molecule has 0 saturated carbocycles. The molecular formula is C73H42N2O4S. The van der Waals surface area contributed by atoms with Gasteiger partial charge in [-0.25, -0.2) is 0 Å². The first-order chi connectivity index (χ1) is 39.6. The van der Waals surface area contributed by atoms with Crippen LogP contribution in [0.5, 0.6) is 11.5 Å². The van der Waals surface area contributed by atoms with Gasteiger partial charge in [-0.1, -0.05) is 146 Å². The van der Waals surface area contributed by atoms with Crippen LogP contribution in [0.2, 0.25) is 0 Å². The normalized spacial score (nSPS) is 14.4. The molecule has 0 N–H and O–H groups in total. The van der Waals surface area contributed by atoms with Gasteiger partial charge in [-0.05, 0) is 125 Å². The van der Waals surface area contributed by atoms with Gasteiger partial charge in [0.05, 0.1) is 27.9 Å². The van der Waals surface area contributed by atoms with Crippen LogP contribution in [0.4, 0.5) is 34.1 Å². The maximum absolute atomic E-state index is 7.46. The number of fused-ring (bicyclic) bond motifs is 21. The van der Waals surface area contributed by atoms with E-state index < -0.39 is 5.41 Å². The molecule has 1 aliphatic heterocycles. The van der Waals surface area contributed by atoms with Crippen LogP contribution < -0.4 is 14.5 Å². The summed E-state index contributed by atoms with van der Waals surface area (Å²) in [7, 11) is 0. The molecule has 0 bridgehead atoms. The van der Waals surface area contributed by atoms with Crippen LogP contribution in [0.3, 0.4) is 0 Å². The molecule has 374 valence electrons. The van der Waals surface area contributed by atoms with Crippen LogP contribution in [0.15, 0.2) is 268 Å². The number of thiophene rings is 1. The molecule has 2 aliphatic rings. The van der Waals surface area contributed by atoms with Crippen LogP contribution in [0.25, 0.3) is 97.1 Å². The topological polar surface area (TPSA) is 55.1 Å². The zero-order valence-electron chi connectivity index (χ0n) is 42.7. The minimum atomic E-state index is -0.775. The summed E-state index contributed by atoms with van der Waals surface area (Å²) in [4.78, 5) is 4.76. The Labute approximate surface area is 461 Å². The van der Waals surface area contributed by atoms with Gasteiger partial charge in [-0.15, -0.1) is 11.3 Å². The van der Waals surface area contributed by atoms with E-state index >= 15 is 0 Å². The fourth-order valence-corrected chi connectivity index (χ4v) is 14.7. The first kappa shape index (κ1) is 43.7. The summed E-state index contributed by atoms with van der Waals surface area (Å²) >= 11 is 1.84. The van der Waals surface area contributed by atoms with Crippen molar-refractivity contribution in [3.8, 4) is 22.6 Å². The highest BCUT2D eigenvalue weighted by atomic mass is 32.1. The number of hydrogen-bond acceptors (Lipinski definition) is 7. The zero-order valence-corrected chi connectivity index (χ0v) is 43.5. The number of ether oxygens (including phenoxy) is 1. The highest BCUT2D eigenvalue weighted by Gasteiger charge is 2.52. The third-order valence-corrected chi connectivity index (χ3v) is 18.0. The monoisotopic (exact) mass is 1040 g/mol. The number of anilines is 6. The van der Waals surface area contributed by atoms with Gasteiger partial charge in [-0.2, -0.15) is 0 Å². The number of rotatable bonds is 6. The second-order valence-electron chi connectivity index (χ2n) is 21.0. The third-order valence-electron chi connectivity index (χ3n) is 16.9. The van der Waals surface area contributed by atoms with Gasteiger partial charge in [0, 0.05) is 81.4 Å². The Balaban J connectivity index is 0.880. The predicted molar refractivity (Wildman–Crippen MR) is 328 cm³/mol. The van der Waals surface area contributed by atoms with Crippen LogP contribution in [0, 0.1) is 0 Å². The molecule has 1 unspecified atom stereocenters. The quantitative estimate of drug-likeness (QED) is 0.165. The zero-order chi connectivity index (χ0) is 52.2. The molecule has 7 heteroatoms. The van der Waals surface area contributed by atoms with Crippen molar-refractivity contribution >= 4 is 131 Å². The van der Waals surface area contributed by atoms with Crippen molar-refractivity contribution in [2.45, 2.75) is 5.41 Å². The van der Waals surface area contributed by atoms with Crippen LogP contribution in [-0.4, -0.2) is 0 Å². The molecule has 1 atom stereocenters. The average molecular weight is 1040 g/mol. The van der Waals surface area contributed by atoms with Crippen molar-refractivity contribution in [3.63, 3.8) is 0 Å². The Morgan fingerprint density at radius 3 is 1.70 bits per heavy atom. The number of benzene rings is 12. The van der Waals surface area contributed by atoms with Gasteiger partial charge in [-0.3, -0.25) is 0 Å². The van der Waals surface area contributed by atoms with Crippen molar-refractivity contribution in [1.82, 2.24) is 0 Å². The minimum absolute atomic E-state index is 0.770. The van der Waals surface area contributed by atoms with Crippen molar-refractivity contribution in [2.75, 3.05) is 9.80 Å². The molecule has 5 heterocycles. The van der Waals surface area contributed by atoms with E-state index in [4.69, 9.17) is 18.0 Å². The molecule has 0 fully saturated rings. The van der Waals surface area contributed by atoms with Crippen molar-refractivity contribution in [2.24, 2.45) is 0 Å². The molecule has 6 nitrogen and oxygen atoms in total. The molecule has 18 rings (SSSR count). The smallest absolute Gasteiger partial charge is 0.156 e. The summed E-state index contributed by atoms with van der Waals surface area (Å²) in [5.41, 5.74) is 17.0. The van der Waals surface area contributed by atoms with Gasteiger partial charge in [0.2, 0.25) is 0 Å². The van der Waals surface area contributed by atoms with Gasteiger partial charge >= 0.3 is 0 Å². The summed E-state index contributed by atoms with van der Waals surface area (Å²) in [6, 6.07) is 91.4. The Morgan fingerprint density at radius 1 is 0.300 bits per heavy atom. The molecule has 16 aromatic rings. The minimum Gasteiger partial charge on any atom is -0.456 e. The van der Waals surface area contributed by atoms with E-state index in [1.807, 2.05) is 47.7 Å². The summed E-state index contributed by atoms with van der Waals surface area (Å²) in [5.74, 6) is 1.57. The first-order valence-electron chi connectivity index (χ1n) is 27.0. The average Bonchev–Trinajstić information content (AvgIpc) is 4.41. The van der Waals surface area contributed by atoms with E-state index in [2.05, 4.69) is 228 Å². The Kier molecular flexibility index (Phi) is 8.94. The summed E-state index contributed by atoms with van der Waals surface area (Å²) in [5, 5.41) is 8.89. The van der Waals surface area contributed by atoms with Crippen molar-refractivity contribution in [3.05, 3.63) is 277 Å². The molecule has 12 aromatic carbocycles. The predicted octanol–water partition coefficient (Wildman–Crippen LogP) is 21.2. The standard InChI is InChI=1S/C73H42N2O4S/c1-6-20-56-47(15-1)54-39-43(74(44-34-38-65-55(40-44)49-17-3-9-26-63(49)76-65)46-32-36-52-51-18-5-12-30-69(51)80-70(52)42-46)33-37-57(54)73(56)58-21-7-11-28-66(58)79-72-59(73)22-13-24-61(72)75(45-31-35-50-48-16-2-8-25-62(48)78-68(50)41-45)60-23-14-29-67-71(60)53-19-4-10-27-64(53)77-67/h1-42H. The molecule has 1 spiro atoms. The number of nitrogens with zero attached hydrogens (tertiary/aromatic N) is 2. The van der Waals surface area contributed by atoms with Crippen molar-refractivity contribution in [1.29, 1.82) is 0 Å². The first-order valence-corrected chi connectivity index (χ1v) is 27.9. The Hall–Kier alpha value is -10.3. The summed E-state index contributed by atoms with van der Waals surface area (Å²) in [6.07, 6.45) is 0. The largest absolute Gasteiger partial charge is 0.456 e. The van der Waals surface area contributed by atoms with E-state index in [1.54, 1.807) is 0 Å². The third kappa shape index (κ3) is 6.01. The molecule has 1 aliphatic carbocycles. The Bertz CT molecular complexity index is 5290. The second-order valence-corrected chi connectivity index (χ2v) is 22.1. The number of para-hydroxylation sites is 5. The molecule has 0 amide bonds.